The first-order valence-corrected chi connectivity index (χ1v) is 4.24. The molecule has 2 N–H and O–H groups in total. The first kappa shape index (κ1) is 6.62. The summed E-state index contributed by atoms with van der Waals surface area (Å²) in [6.45, 7) is 1.92. The van der Waals surface area contributed by atoms with E-state index in [0.717, 1.165) is 25.9 Å². The molecule has 1 atom stereocenters. The maximum absolute atomic E-state index is 9.95. The standard InChI is InChI=1S/C8H15NO/c10-8(7-2-3-7)4-1-5-9-6-8/h7,9-10H,1-6H2. The van der Waals surface area contributed by atoms with Crippen LogP contribution in [0.1, 0.15) is 25.7 Å². The van der Waals surface area contributed by atoms with Gasteiger partial charge in [0.05, 0.1) is 5.60 Å². The Kier molecular flexibility index (Phi) is 1.46. The number of piperidine rings is 1. The zero-order valence-corrected chi connectivity index (χ0v) is 6.27. The number of hydrogen-bond acceptors (Lipinski definition) is 2. The molecule has 2 rings (SSSR count). The van der Waals surface area contributed by atoms with Crippen molar-refractivity contribution in [2.75, 3.05) is 13.1 Å². The van der Waals surface area contributed by atoms with Crippen molar-refractivity contribution >= 4 is 0 Å². The van der Waals surface area contributed by atoms with E-state index in [1.165, 1.54) is 12.8 Å². The molecule has 0 spiro atoms. The average Bonchev–Trinajstić information content (AvgIpc) is 2.69. The van der Waals surface area contributed by atoms with Gasteiger partial charge in [-0.15, -0.1) is 0 Å². The lowest BCUT2D eigenvalue weighted by atomic mass is 9.89. The monoisotopic (exact) mass is 141 g/mol. The zero-order valence-electron chi connectivity index (χ0n) is 6.27. The van der Waals surface area contributed by atoms with Crippen molar-refractivity contribution in [2.24, 2.45) is 5.92 Å². The van der Waals surface area contributed by atoms with Gasteiger partial charge in [0.25, 0.3) is 0 Å². The predicted molar refractivity (Wildman–Crippen MR) is 39.8 cm³/mol. The first-order chi connectivity index (χ1) is 4.81. The molecular formula is C8H15NO. The minimum absolute atomic E-state index is 0.321. The highest BCUT2D eigenvalue weighted by molar-refractivity contribution is 4.97. The summed E-state index contributed by atoms with van der Waals surface area (Å²) in [5.74, 6) is 0.625. The molecule has 1 saturated heterocycles. The van der Waals surface area contributed by atoms with Crippen molar-refractivity contribution in [2.45, 2.75) is 31.3 Å². The quantitative estimate of drug-likeness (QED) is 0.557. The minimum Gasteiger partial charge on any atom is -0.388 e. The van der Waals surface area contributed by atoms with Crippen LogP contribution in [0.3, 0.4) is 0 Å². The number of hydrogen-bond donors (Lipinski definition) is 2. The Morgan fingerprint density at radius 2 is 2.20 bits per heavy atom. The molecule has 10 heavy (non-hydrogen) atoms. The smallest absolute Gasteiger partial charge is 0.0800 e. The molecule has 0 radical (unpaired) electrons. The van der Waals surface area contributed by atoms with Gasteiger partial charge in [-0.1, -0.05) is 0 Å². The van der Waals surface area contributed by atoms with Gasteiger partial charge in [0, 0.05) is 6.54 Å². The predicted octanol–water partition coefficient (Wildman–Crippen LogP) is 0.511. The topological polar surface area (TPSA) is 32.3 Å². The largest absolute Gasteiger partial charge is 0.388 e. The van der Waals surface area contributed by atoms with Crippen LogP contribution in [-0.2, 0) is 0 Å². The van der Waals surface area contributed by atoms with E-state index in [4.69, 9.17) is 0 Å². The summed E-state index contributed by atoms with van der Waals surface area (Å²) in [6, 6.07) is 0. The Morgan fingerprint density at radius 1 is 1.40 bits per heavy atom. The van der Waals surface area contributed by atoms with Crippen molar-refractivity contribution in [1.29, 1.82) is 0 Å². The van der Waals surface area contributed by atoms with Crippen molar-refractivity contribution in [1.82, 2.24) is 5.32 Å². The maximum atomic E-state index is 9.95. The molecule has 0 bridgehead atoms. The summed E-state index contributed by atoms with van der Waals surface area (Å²) < 4.78 is 0. The number of nitrogens with one attached hydrogen (secondary N) is 1. The van der Waals surface area contributed by atoms with Crippen molar-refractivity contribution in [3.8, 4) is 0 Å². The molecule has 0 aromatic carbocycles. The first-order valence-electron chi connectivity index (χ1n) is 4.24. The Bertz CT molecular complexity index is 125. The van der Waals surface area contributed by atoms with E-state index in [-0.39, 0.29) is 5.60 Å². The van der Waals surface area contributed by atoms with Crippen LogP contribution < -0.4 is 5.32 Å². The third kappa shape index (κ3) is 1.06. The second kappa shape index (κ2) is 2.21. The number of aliphatic hydroxyl groups is 1. The zero-order chi connectivity index (χ0) is 7.03. The van der Waals surface area contributed by atoms with Gasteiger partial charge in [-0.2, -0.15) is 0 Å². The summed E-state index contributed by atoms with van der Waals surface area (Å²) in [7, 11) is 0. The molecule has 1 unspecified atom stereocenters. The highest BCUT2D eigenvalue weighted by atomic mass is 16.3. The molecule has 1 aliphatic heterocycles. The lowest BCUT2D eigenvalue weighted by Crippen LogP contribution is -2.47. The molecule has 58 valence electrons. The molecule has 1 saturated carbocycles. The van der Waals surface area contributed by atoms with Gasteiger partial charge in [0.2, 0.25) is 0 Å². The van der Waals surface area contributed by atoms with Crippen LogP contribution in [0.4, 0.5) is 0 Å². The van der Waals surface area contributed by atoms with Crippen molar-refractivity contribution in [3.63, 3.8) is 0 Å². The third-order valence-corrected chi connectivity index (χ3v) is 2.73. The van der Waals surface area contributed by atoms with E-state index in [2.05, 4.69) is 5.32 Å². The molecule has 2 aliphatic rings. The molecule has 0 amide bonds. The second-order valence-corrected chi connectivity index (χ2v) is 3.66. The molecule has 2 fully saturated rings. The normalized spacial score (nSPS) is 41.7. The Balaban J connectivity index is 1.97. The van der Waals surface area contributed by atoms with E-state index in [0.29, 0.717) is 5.92 Å². The van der Waals surface area contributed by atoms with Gasteiger partial charge in [-0.25, -0.2) is 0 Å². The fraction of sp³-hybridized carbons (Fsp3) is 1.00. The molecule has 2 heteroatoms. The molecule has 2 nitrogen and oxygen atoms in total. The highest BCUT2D eigenvalue weighted by Gasteiger charge is 2.43. The molecular weight excluding hydrogens is 126 g/mol. The van der Waals surface area contributed by atoms with Crippen LogP contribution in [0.5, 0.6) is 0 Å². The molecule has 0 aromatic rings. The Labute approximate surface area is 61.6 Å². The van der Waals surface area contributed by atoms with E-state index in [1.807, 2.05) is 0 Å². The Morgan fingerprint density at radius 3 is 2.70 bits per heavy atom. The van der Waals surface area contributed by atoms with Crippen LogP contribution in [0.25, 0.3) is 0 Å². The van der Waals surface area contributed by atoms with E-state index >= 15 is 0 Å². The van der Waals surface area contributed by atoms with Crippen LogP contribution in [0.15, 0.2) is 0 Å². The van der Waals surface area contributed by atoms with Gasteiger partial charge in [-0.3, -0.25) is 0 Å². The summed E-state index contributed by atoms with van der Waals surface area (Å²) >= 11 is 0. The summed E-state index contributed by atoms with van der Waals surface area (Å²) in [5.41, 5.74) is -0.321. The SMILES string of the molecule is OC1(C2CC2)CCCNC1. The average molecular weight is 141 g/mol. The van der Waals surface area contributed by atoms with Gasteiger partial charge in [0.15, 0.2) is 0 Å². The molecule has 1 aliphatic carbocycles. The van der Waals surface area contributed by atoms with Gasteiger partial charge in [-0.05, 0) is 38.1 Å². The summed E-state index contributed by atoms with van der Waals surface area (Å²) in [4.78, 5) is 0. The van der Waals surface area contributed by atoms with Crippen LogP contribution in [0.2, 0.25) is 0 Å². The highest BCUT2D eigenvalue weighted by Crippen LogP contribution is 2.42. The van der Waals surface area contributed by atoms with Crippen molar-refractivity contribution < 1.29 is 5.11 Å². The lowest BCUT2D eigenvalue weighted by molar-refractivity contribution is -0.00444. The number of β-amino-alcohol motifs (C(OH)–C–C–N with tert-alkyl or cyclic N) is 1. The van der Waals surface area contributed by atoms with Crippen LogP contribution in [0, 0.1) is 5.92 Å². The Hall–Kier alpha value is -0.0800. The minimum atomic E-state index is -0.321. The third-order valence-electron chi connectivity index (χ3n) is 2.73. The summed E-state index contributed by atoms with van der Waals surface area (Å²) in [6.07, 6.45) is 4.66. The van der Waals surface area contributed by atoms with E-state index in [9.17, 15) is 5.11 Å². The van der Waals surface area contributed by atoms with E-state index < -0.39 is 0 Å². The second-order valence-electron chi connectivity index (χ2n) is 3.66. The number of rotatable bonds is 1. The summed E-state index contributed by atoms with van der Waals surface area (Å²) in [5, 5.41) is 13.2. The van der Waals surface area contributed by atoms with Crippen LogP contribution >= 0.6 is 0 Å². The fourth-order valence-corrected chi connectivity index (χ4v) is 1.88. The molecule has 1 heterocycles. The van der Waals surface area contributed by atoms with E-state index in [1.54, 1.807) is 0 Å². The van der Waals surface area contributed by atoms with Gasteiger partial charge in [0.1, 0.15) is 0 Å². The fourth-order valence-electron chi connectivity index (χ4n) is 1.88. The van der Waals surface area contributed by atoms with Gasteiger partial charge < -0.3 is 10.4 Å². The van der Waals surface area contributed by atoms with Crippen molar-refractivity contribution in [3.05, 3.63) is 0 Å². The molecule has 0 aromatic heterocycles. The lowest BCUT2D eigenvalue weighted by Gasteiger charge is -2.32. The van der Waals surface area contributed by atoms with Crippen LogP contribution in [-0.4, -0.2) is 23.8 Å². The van der Waals surface area contributed by atoms with Gasteiger partial charge >= 0.3 is 0 Å². The maximum Gasteiger partial charge on any atom is 0.0800 e.